The molecule has 1 aliphatic rings. The SMILES string of the molecule is Cl.FC(F)(F)C(F)(F)C(F)(F)[C@@H]1CNCCN1. The third kappa shape index (κ3) is 2.94. The minimum atomic E-state index is -6.27. The Balaban J connectivity index is 0.00000256. The van der Waals surface area contributed by atoms with Crippen LogP contribution in [0.4, 0.5) is 30.7 Å². The Bertz CT molecular complexity index is 249. The van der Waals surface area contributed by atoms with Crippen molar-refractivity contribution in [3.63, 3.8) is 0 Å². The summed E-state index contributed by atoms with van der Waals surface area (Å²) in [6.45, 7) is -0.489. The molecule has 0 amide bonds. The summed E-state index contributed by atoms with van der Waals surface area (Å²) in [4.78, 5) is 0. The third-order valence-corrected chi connectivity index (χ3v) is 2.25. The predicted molar refractivity (Wildman–Crippen MR) is 47.9 cm³/mol. The smallest absolute Gasteiger partial charge is 0.314 e. The predicted octanol–water partition coefficient (Wildman–Crippen LogP) is 1.80. The van der Waals surface area contributed by atoms with E-state index in [-0.39, 0.29) is 25.5 Å². The van der Waals surface area contributed by atoms with Gasteiger partial charge in [0.05, 0.1) is 6.04 Å². The van der Waals surface area contributed by atoms with Crippen molar-refractivity contribution >= 4 is 12.4 Å². The Morgan fingerprint density at radius 2 is 1.41 bits per heavy atom. The molecule has 0 bridgehead atoms. The van der Waals surface area contributed by atoms with Gasteiger partial charge in [-0.25, -0.2) is 0 Å². The Morgan fingerprint density at radius 1 is 0.882 bits per heavy atom. The summed E-state index contributed by atoms with van der Waals surface area (Å²) in [6, 6.07) is -2.24. The number of hydrogen-bond acceptors (Lipinski definition) is 2. The number of halogens is 8. The van der Waals surface area contributed by atoms with E-state index in [2.05, 4.69) is 5.32 Å². The molecule has 10 heteroatoms. The summed E-state index contributed by atoms with van der Waals surface area (Å²) < 4.78 is 86.5. The van der Waals surface area contributed by atoms with Gasteiger partial charge in [0.25, 0.3) is 0 Å². The highest BCUT2D eigenvalue weighted by atomic mass is 35.5. The Kier molecular flexibility index (Phi) is 5.06. The molecule has 0 spiro atoms. The maximum Gasteiger partial charge on any atom is 0.459 e. The van der Waals surface area contributed by atoms with Crippen LogP contribution in [-0.2, 0) is 0 Å². The second-order valence-electron chi connectivity index (χ2n) is 3.41. The molecule has 0 aliphatic carbocycles. The summed E-state index contributed by atoms with van der Waals surface area (Å²) >= 11 is 0. The van der Waals surface area contributed by atoms with Crippen LogP contribution in [0.15, 0.2) is 0 Å². The fraction of sp³-hybridized carbons (Fsp3) is 1.00. The van der Waals surface area contributed by atoms with Crippen molar-refractivity contribution in [2.24, 2.45) is 0 Å². The van der Waals surface area contributed by atoms with E-state index in [4.69, 9.17) is 0 Å². The zero-order valence-corrected chi connectivity index (χ0v) is 9.07. The maximum absolute atomic E-state index is 13.0. The van der Waals surface area contributed by atoms with Gasteiger partial charge in [-0.15, -0.1) is 12.4 Å². The van der Waals surface area contributed by atoms with Crippen molar-refractivity contribution in [2.45, 2.75) is 24.1 Å². The topological polar surface area (TPSA) is 24.1 Å². The zero-order valence-electron chi connectivity index (χ0n) is 8.25. The first-order valence-corrected chi connectivity index (χ1v) is 4.37. The number of piperazine rings is 1. The lowest BCUT2D eigenvalue weighted by Gasteiger charge is -2.36. The lowest BCUT2D eigenvalue weighted by molar-refractivity contribution is -0.360. The van der Waals surface area contributed by atoms with Crippen LogP contribution < -0.4 is 10.6 Å². The molecular formula is C7H10ClF7N2. The van der Waals surface area contributed by atoms with Crippen molar-refractivity contribution in [3.05, 3.63) is 0 Å². The van der Waals surface area contributed by atoms with E-state index in [1.54, 1.807) is 0 Å². The molecule has 1 saturated heterocycles. The van der Waals surface area contributed by atoms with Gasteiger partial charge < -0.3 is 10.6 Å². The summed E-state index contributed by atoms with van der Waals surface area (Å²) in [5, 5.41) is 4.27. The second kappa shape index (κ2) is 5.15. The number of alkyl halides is 7. The van der Waals surface area contributed by atoms with Crippen molar-refractivity contribution in [1.29, 1.82) is 0 Å². The van der Waals surface area contributed by atoms with Gasteiger partial charge in [-0.3, -0.25) is 0 Å². The largest absolute Gasteiger partial charge is 0.459 e. The van der Waals surface area contributed by atoms with Gasteiger partial charge in [0, 0.05) is 19.6 Å². The minimum Gasteiger partial charge on any atom is -0.314 e. The van der Waals surface area contributed by atoms with E-state index in [0.29, 0.717) is 0 Å². The molecule has 2 N–H and O–H groups in total. The van der Waals surface area contributed by atoms with Crippen LogP contribution in [0.25, 0.3) is 0 Å². The van der Waals surface area contributed by atoms with Crippen LogP contribution in [0.2, 0.25) is 0 Å². The lowest BCUT2D eigenvalue weighted by Crippen LogP contribution is -2.66. The van der Waals surface area contributed by atoms with E-state index in [1.807, 2.05) is 5.32 Å². The van der Waals surface area contributed by atoms with Gasteiger partial charge in [-0.2, -0.15) is 30.7 Å². The highest BCUT2D eigenvalue weighted by Gasteiger charge is 2.75. The molecule has 0 aromatic rings. The van der Waals surface area contributed by atoms with Gasteiger partial charge in [-0.05, 0) is 0 Å². The molecule has 0 radical (unpaired) electrons. The second-order valence-corrected chi connectivity index (χ2v) is 3.41. The first kappa shape index (κ1) is 16.7. The van der Waals surface area contributed by atoms with Gasteiger partial charge in [0.2, 0.25) is 0 Å². The first-order chi connectivity index (χ1) is 7.11. The minimum absolute atomic E-state index is 0. The lowest BCUT2D eigenvalue weighted by atomic mass is 10.0. The maximum atomic E-state index is 13.0. The normalized spacial score (nSPS) is 23.1. The molecule has 17 heavy (non-hydrogen) atoms. The highest BCUT2D eigenvalue weighted by Crippen LogP contribution is 2.47. The summed E-state index contributed by atoms with van der Waals surface area (Å²) in [6.07, 6.45) is -6.27. The Hall–Kier alpha value is -0.280. The van der Waals surface area contributed by atoms with Crippen LogP contribution in [-0.4, -0.2) is 43.7 Å². The molecule has 104 valence electrons. The van der Waals surface area contributed by atoms with Crippen molar-refractivity contribution < 1.29 is 30.7 Å². The quantitative estimate of drug-likeness (QED) is 0.758. The molecule has 1 fully saturated rings. The number of rotatable bonds is 2. The van der Waals surface area contributed by atoms with Gasteiger partial charge in [-0.1, -0.05) is 0 Å². The van der Waals surface area contributed by atoms with Gasteiger partial charge in [0.1, 0.15) is 0 Å². The van der Waals surface area contributed by atoms with E-state index in [1.165, 1.54) is 0 Å². The Labute approximate surface area is 98.3 Å². The molecular weight excluding hydrogens is 281 g/mol. The average Bonchev–Trinajstić information content (AvgIpc) is 2.17. The molecule has 1 aliphatic heterocycles. The van der Waals surface area contributed by atoms with Crippen LogP contribution in [0.1, 0.15) is 0 Å². The zero-order chi connectivity index (χ0) is 12.6. The summed E-state index contributed by atoms with van der Waals surface area (Å²) in [5.74, 6) is -11.2. The molecule has 0 aromatic heterocycles. The van der Waals surface area contributed by atoms with Crippen molar-refractivity contribution in [2.75, 3.05) is 19.6 Å². The van der Waals surface area contributed by atoms with Crippen molar-refractivity contribution in [3.8, 4) is 0 Å². The van der Waals surface area contributed by atoms with E-state index in [9.17, 15) is 30.7 Å². The molecule has 2 nitrogen and oxygen atoms in total. The van der Waals surface area contributed by atoms with E-state index in [0.717, 1.165) is 0 Å². The fourth-order valence-corrected chi connectivity index (χ4v) is 1.32. The molecule has 1 heterocycles. The third-order valence-electron chi connectivity index (χ3n) is 2.25. The molecule has 0 aromatic carbocycles. The first-order valence-electron chi connectivity index (χ1n) is 4.37. The summed E-state index contributed by atoms with van der Waals surface area (Å²) in [7, 11) is 0. The number of hydrogen-bond donors (Lipinski definition) is 2. The van der Waals surface area contributed by atoms with Crippen LogP contribution >= 0.6 is 12.4 Å². The van der Waals surface area contributed by atoms with E-state index < -0.39 is 30.6 Å². The van der Waals surface area contributed by atoms with Gasteiger partial charge in [0.15, 0.2) is 0 Å². The van der Waals surface area contributed by atoms with Crippen LogP contribution in [0, 0.1) is 0 Å². The molecule has 0 saturated carbocycles. The Morgan fingerprint density at radius 3 is 1.76 bits per heavy atom. The van der Waals surface area contributed by atoms with E-state index >= 15 is 0 Å². The average molecular weight is 291 g/mol. The standard InChI is InChI=1S/C7H9F7N2.ClH/c8-5(9,4-3-15-1-2-16-4)6(10,11)7(12,13)14;/h4,15-16H,1-3H2;1H/t4-;/m0./s1. The summed E-state index contributed by atoms with van der Waals surface area (Å²) in [5.41, 5.74) is 0. The van der Waals surface area contributed by atoms with Crippen LogP contribution in [0.3, 0.4) is 0 Å². The molecule has 0 unspecified atom stereocenters. The van der Waals surface area contributed by atoms with Crippen molar-refractivity contribution in [1.82, 2.24) is 10.6 Å². The fourth-order valence-electron chi connectivity index (χ4n) is 1.32. The highest BCUT2D eigenvalue weighted by molar-refractivity contribution is 5.85. The van der Waals surface area contributed by atoms with Gasteiger partial charge >= 0.3 is 18.0 Å². The molecule has 1 atom stereocenters. The monoisotopic (exact) mass is 290 g/mol. The van der Waals surface area contributed by atoms with Crippen LogP contribution in [0.5, 0.6) is 0 Å². The number of nitrogens with one attached hydrogen (secondary N) is 2. The molecule has 1 rings (SSSR count).